The number of carbonyl (C=O) groups excluding carboxylic acids is 2. The second-order valence-electron chi connectivity index (χ2n) is 8.91. The molecule has 1 unspecified atom stereocenters. The number of benzene rings is 2. The molecule has 6 heteroatoms. The van der Waals surface area contributed by atoms with Crippen molar-refractivity contribution in [2.45, 2.75) is 60.3 Å². The van der Waals surface area contributed by atoms with E-state index in [0.29, 0.717) is 29.4 Å². The average molecular weight is 473 g/mol. The van der Waals surface area contributed by atoms with Crippen LogP contribution in [0.25, 0.3) is 11.1 Å². The van der Waals surface area contributed by atoms with Gasteiger partial charge >= 0.3 is 11.9 Å². The van der Waals surface area contributed by atoms with Gasteiger partial charge in [0.05, 0.1) is 30.9 Å². The van der Waals surface area contributed by atoms with Crippen LogP contribution in [-0.2, 0) is 9.47 Å². The van der Waals surface area contributed by atoms with E-state index in [-0.39, 0.29) is 24.3 Å². The van der Waals surface area contributed by atoms with Gasteiger partial charge in [-0.25, -0.2) is 14.0 Å². The second-order valence-corrected chi connectivity index (χ2v) is 8.91. The molecule has 0 saturated heterocycles. The molecule has 0 spiro atoms. The standard InChI is InChI=1S/C28H37FO5/c1-6-32-27(30)24-18-26(29)25(28(31)33-7-2)17-23(24)21-12-9-13-22(16-21)34-15-14-20(5)11-8-10-19(3)4/h9,12-13,16-20H,6-8,10-11,14-15H2,1-5H3. The van der Waals surface area contributed by atoms with E-state index in [1.807, 2.05) is 6.07 Å². The largest absolute Gasteiger partial charge is 0.494 e. The van der Waals surface area contributed by atoms with Crippen LogP contribution in [0.3, 0.4) is 0 Å². The molecule has 0 aliphatic heterocycles. The molecule has 0 saturated carbocycles. The van der Waals surface area contributed by atoms with Gasteiger partial charge in [0.1, 0.15) is 11.6 Å². The van der Waals surface area contributed by atoms with Gasteiger partial charge in [-0.05, 0) is 67.5 Å². The van der Waals surface area contributed by atoms with Crippen molar-refractivity contribution in [3.63, 3.8) is 0 Å². The molecule has 0 radical (unpaired) electrons. The minimum atomic E-state index is -0.830. The molecule has 186 valence electrons. The third-order valence-electron chi connectivity index (χ3n) is 5.60. The van der Waals surface area contributed by atoms with Gasteiger partial charge < -0.3 is 14.2 Å². The summed E-state index contributed by atoms with van der Waals surface area (Å²) in [6.07, 6.45) is 4.58. The van der Waals surface area contributed by atoms with Crippen LogP contribution >= 0.6 is 0 Å². The van der Waals surface area contributed by atoms with Crippen molar-refractivity contribution in [2.24, 2.45) is 11.8 Å². The lowest BCUT2D eigenvalue weighted by Crippen LogP contribution is -2.12. The van der Waals surface area contributed by atoms with Gasteiger partial charge in [0.15, 0.2) is 0 Å². The molecule has 5 nitrogen and oxygen atoms in total. The van der Waals surface area contributed by atoms with Crippen LogP contribution in [-0.4, -0.2) is 31.8 Å². The molecule has 0 amide bonds. The lowest BCUT2D eigenvalue weighted by Gasteiger charge is -2.15. The Bertz CT molecular complexity index is 954. The van der Waals surface area contributed by atoms with E-state index >= 15 is 0 Å². The molecule has 0 N–H and O–H groups in total. The normalized spacial score (nSPS) is 11.9. The van der Waals surface area contributed by atoms with Gasteiger partial charge in [-0.1, -0.05) is 52.2 Å². The Labute approximate surface area is 202 Å². The first-order chi connectivity index (χ1) is 16.3. The van der Waals surface area contributed by atoms with Crippen LogP contribution in [0.2, 0.25) is 0 Å². The summed E-state index contributed by atoms with van der Waals surface area (Å²) in [6, 6.07) is 9.59. The monoisotopic (exact) mass is 472 g/mol. The zero-order valence-corrected chi connectivity index (χ0v) is 21.0. The highest BCUT2D eigenvalue weighted by Gasteiger charge is 2.22. The lowest BCUT2D eigenvalue weighted by molar-refractivity contribution is 0.0507. The van der Waals surface area contributed by atoms with Gasteiger partial charge in [0.25, 0.3) is 0 Å². The summed E-state index contributed by atoms with van der Waals surface area (Å²) in [5.74, 6) is -0.334. The van der Waals surface area contributed by atoms with Crippen molar-refractivity contribution in [1.82, 2.24) is 0 Å². The van der Waals surface area contributed by atoms with E-state index < -0.39 is 17.8 Å². The molecular formula is C28H37FO5. The van der Waals surface area contributed by atoms with Gasteiger partial charge in [-0.15, -0.1) is 0 Å². The highest BCUT2D eigenvalue weighted by atomic mass is 19.1. The number of halogens is 1. The fourth-order valence-corrected chi connectivity index (χ4v) is 3.71. The second kappa shape index (κ2) is 13.7. The van der Waals surface area contributed by atoms with Crippen molar-refractivity contribution in [3.05, 3.63) is 53.3 Å². The SMILES string of the molecule is CCOC(=O)c1cc(-c2cccc(OCCC(C)CCCC(C)C)c2)c(C(=O)OCC)cc1F. The van der Waals surface area contributed by atoms with Crippen molar-refractivity contribution in [3.8, 4) is 16.9 Å². The number of hydrogen-bond acceptors (Lipinski definition) is 5. The molecule has 0 aromatic heterocycles. The van der Waals surface area contributed by atoms with Crippen LogP contribution < -0.4 is 4.74 Å². The summed E-state index contributed by atoms with van der Waals surface area (Å²) in [7, 11) is 0. The van der Waals surface area contributed by atoms with Crippen LogP contribution in [0.5, 0.6) is 5.75 Å². The molecule has 2 aromatic carbocycles. The van der Waals surface area contributed by atoms with Crippen molar-refractivity contribution in [2.75, 3.05) is 19.8 Å². The van der Waals surface area contributed by atoms with Gasteiger partial charge in [-0.3, -0.25) is 0 Å². The maximum Gasteiger partial charge on any atom is 0.341 e. The Hall–Kier alpha value is -2.89. The molecule has 0 bridgehead atoms. The van der Waals surface area contributed by atoms with Crippen molar-refractivity contribution in [1.29, 1.82) is 0 Å². The molecule has 0 aliphatic rings. The third kappa shape index (κ3) is 8.15. The van der Waals surface area contributed by atoms with Crippen LogP contribution in [0.4, 0.5) is 4.39 Å². The summed E-state index contributed by atoms with van der Waals surface area (Å²) in [4.78, 5) is 24.8. The first-order valence-corrected chi connectivity index (χ1v) is 12.2. The van der Waals surface area contributed by atoms with E-state index in [1.54, 1.807) is 32.0 Å². The van der Waals surface area contributed by atoms with Crippen molar-refractivity contribution < 1.29 is 28.2 Å². The zero-order chi connectivity index (χ0) is 25.1. The molecule has 2 rings (SSSR count). The number of carbonyl (C=O) groups is 2. The minimum absolute atomic E-state index is 0.0447. The Morgan fingerprint density at radius 1 is 0.882 bits per heavy atom. The Kier molecular flexibility index (Phi) is 11.0. The van der Waals surface area contributed by atoms with Crippen LogP contribution in [0.15, 0.2) is 36.4 Å². The fraction of sp³-hybridized carbons (Fsp3) is 0.500. The maximum absolute atomic E-state index is 14.6. The summed E-state index contributed by atoms with van der Waals surface area (Å²) < 4.78 is 30.7. The number of esters is 2. The summed E-state index contributed by atoms with van der Waals surface area (Å²) in [5, 5.41) is 0. The molecule has 0 heterocycles. The molecule has 34 heavy (non-hydrogen) atoms. The number of ether oxygens (including phenoxy) is 3. The molecule has 0 aliphatic carbocycles. The number of hydrogen-bond donors (Lipinski definition) is 0. The van der Waals surface area contributed by atoms with Gasteiger partial charge in [0.2, 0.25) is 0 Å². The van der Waals surface area contributed by atoms with Gasteiger partial charge in [0, 0.05) is 0 Å². The Balaban J connectivity index is 2.23. The van der Waals surface area contributed by atoms with Gasteiger partial charge in [-0.2, -0.15) is 0 Å². The van der Waals surface area contributed by atoms with Crippen LogP contribution in [0, 0.1) is 17.7 Å². The number of rotatable bonds is 13. The Morgan fingerprint density at radius 2 is 1.56 bits per heavy atom. The molecule has 1 atom stereocenters. The van der Waals surface area contributed by atoms with Crippen LogP contribution in [0.1, 0.15) is 81.0 Å². The molecule has 2 aromatic rings. The lowest BCUT2D eigenvalue weighted by atomic mass is 9.96. The van der Waals surface area contributed by atoms with E-state index in [2.05, 4.69) is 20.8 Å². The quantitative estimate of drug-likeness (QED) is 0.292. The molecule has 0 fully saturated rings. The minimum Gasteiger partial charge on any atom is -0.494 e. The van der Waals surface area contributed by atoms with E-state index in [1.165, 1.54) is 25.3 Å². The predicted molar refractivity (Wildman–Crippen MR) is 132 cm³/mol. The molecular weight excluding hydrogens is 435 g/mol. The summed E-state index contributed by atoms with van der Waals surface area (Å²) >= 11 is 0. The summed E-state index contributed by atoms with van der Waals surface area (Å²) in [5.41, 5.74) is 0.821. The van der Waals surface area contributed by atoms with E-state index in [0.717, 1.165) is 18.4 Å². The van der Waals surface area contributed by atoms with E-state index in [9.17, 15) is 14.0 Å². The zero-order valence-electron chi connectivity index (χ0n) is 21.0. The van der Waals surface area contributed by atoms with E-state index in [4.69, 9.17) is 14.2 Å². The first-order valence-electron chi connectivity index (χ1n) is 12.2. The smallest absolute Gasteiger partial charge is 0.341 e. The maximum atomic E-state index is 14.6. The highest BCUT2D eigenvalue weighted by Crippen LogP contribution is 2.31. The average Bonchev–Trinajstić information content (AvgIpc) is 2.79. The fourth-order valence-electron chi connectivity index (χ4n) is 3.71. The highest BCUT2D eigenvalue weighted by molar-refractivity contribution is 6.00. The topological polar surface area (TPSA) is 61.8 Å². The van der Waals surface area contributed by atoms with Crippen molar-refractivity contribution >= 4 is 11.9 Å². The predicted octanol–water partition coefficient (Wildman–Crippen LogP) is 7.08. The summed E-state index contributed by atoms with van der Waals surface area (Å²) in [6.45, 7) is 10.9. The first kappa shape index (κ1) is 27.4. The Morgan fingerprint density at radius 3 is 2.21 bits per heavy atom. The third-order valence-corrected chi connectivity index (χ3v) is 5.60.